The van der Waals surface area contributed by atoms with E-state index in [9.17, 15) is 4.79 Å². The van der Waals surface area contributed by atoms with Gasteiger partial charge in [0.25, 0.3) is 0 Å². The average molecular weight is 261 g/mol. The van der Waals surface area contributed by atoms with E-state index in [0.717, 1.165) is 37.2 Å². The van der Waals surface area contributed by atoms with E-state index in [1.165, 1.54) is 0 Å². The predicted octanol–water partition coefficient (Wildman–Crippen LogP) is 2.01. The van der Waals surface area contributed by atoms with Crippen LogP contribution in [0.15, 0.2) is 12.4 Å². The smallest absolute Gasteiger partial charge is 0.303 e. The number of aliphatic carboxylic acids is 1. The molecule has 2 unspecified atom stereocenters. The van der Waals surface area contributed by atoms with Crippen LogP contribution in [0, 0.1) is 12.8 Å². The summed E-state index contributed by atoms with van der Waals surface area (Å²) in [6.07, 6.45) is 8.01. The minimum absolute atomic E-state index is 0.306. The summed E-state index contributed by atoms with van der Waals surface area (Å²) < 4.78 is 0. The molecule has 0 spiro atoms. The Morgan fingerprint density at radius 1 is 1.32 bits per heavy atom. The van der Waals surface area contributed by atoms with E-state index in [4.69, 9.17) is 5.11 Å². The molecule has 0 radical (unpaired) electrons. The molecule has 2 atom stereocenters. The maximum atomic E-state index is 10.9. The molecule has 3 heterocycles. The van der Waals surface area contributed by atoms with Crippen molar-refractivity contribution in [1.82, 2.24) is 9.97 Å². The van der Waals surface area contributed by atoms with Gasteiger partial charge < -0.3 is 10.0 Å². The number of carbonyl (C=O) groups is 1. The van der Waals surface area contributed by atoms with Gasteiger partial charge in [-0.2, -0.15) is 0 Å². The van der Waals surface area contributed by atoms with Crippen LogP contribution in [-0.4, -0.2) is 33.1 Å². The lowest BCUT2D eigenvalue weighted by Crippen LogP contribution is -2.44. The van der Waals surface area contributed by atoms with Gasteiger partial charge in [0.2, 0.25) is 0 Å². The Morgan fingerprint density at radius 2 is 1.95 bits per heavy atom. The first-order valence-electron chi connectivity index (χ1n) is 6.93. The van der Waals surface area contributed by atoms with Gasteiger partial charge in [0, 0.05) is 30.9 Å². The molecule has 0 aromatic carbocycles. The summed E-state index contributed by atoms with van der Waals surface area (Å²) in [5.74, 6) is 0.639. The van der Waals surface area contributed by atoms with E-state index >= 15 is 0 Å². The second-order valence-corrected chi connectivity index (χ2v) is 5.69. The Hall–Kier alpha value is -1.65. The van der Waals surface area contributed by atoms with Gasteiger partial charge in [0.15, 0.2) is 5.82 Å². The zero-order valence-electron chi connectivity index (χ0n) is 11.1. The SMILES string of the molecule is Cc1nccnc1N1C2CCC1CC(CC(=O)O)C2. The van der Waals surface area contributed by atoms with Crippen LogP contribution in [0.1, 0.15) is 37.8 Å². The molecular formula is C14H19N3O2. The van der Waals surface area contributed by atoms with Crippen LogP contribution in [0.3, 0.4) is 0 Å². The lowest BCUT2D eigenvalue weighted by atomic mass is 9.88. The summed E-state index contributed by atoms with van der Waals surface area (Å²) in [6, 6.07) is 0.886. The van der Waals surface area contributed by atoms with Gasteiger partial charge >= 0.3 is 5.97 Å². The van der Waals surface area contributed by atoms with Gasteiger partial charge in [-0.05, 0) is 38.5 Å². The van der Waals surface area contributed by atoms with E-state index in [2.05, 4.69) is 14.9 Å². The monoisotopic (exact) mass is 261 g/mol. The van der Waals surface area contributed by atoms with E-state index in [1.807, 2.05) is 6.92 Å². The fourth-order valence-electron chi connectivity index (χ4n) is 3.70. The Kier molecular flexibility index (Phi) is 3.12. The molecule has 1 aromatic heterocycles. The largest absolute Gasteiger partial charge is 0.481 e. The van der Waals surface area contributed by atoms with Crippen LogP contribution >= 0.6 is 0 Å². The summed E-state index contributed by atoms with van der Waals surface area (Å²) in [6.45, 7) is 1.99. The standard InChI is InChI=1S/C14H19N3O2/c1-9-14(16-5-4-15-9)17-11-2-3-12(17)7-10(6-11)8-13(18)19/h4-5,10-12H,2-3,6-8H2,1H3,(H,18,19). The fourth-order valence-corrected chi connectivity index (χ4v) is 3.70. The maximum absolute atomic E-state index is 10.9. The van der Waals surface area contributed by atoms with E-state index in [1.54, 1.807) is 12.4 Å². The van der Waals surface area contributed by atoms with E-state index in [0.29, 0.717) is 24.4 Å². The number of anilines is 1. The molecule has 2 bridgehead atoms. The zero-order chi connectivity index (χ0) is 13.4. The predicted molar refractivity (Wildman–Crippen MR) is 71.0 cm³/mol. The molecule has 2 aliphatic heterocycles. The molecule has 2 fully saturated rings. The van der Waals surface area contributed by atoms with Crippen LogP contribution in [0.2, 0.25) is 0 Å². The molecule has 0 aliphatic carbocycles. The zero-order valence-corrected chi connectivity index (χ0v) is 11.1. The first-order chi connectivity index (χ1) is 9.15. The van der Waals surface area contributed by atoms with Crippen molar-refractivity contribution < 1.29 is 9.90 Å². The highest BCUT2D eigenvalue weighted by Gasteiger charge is 2.42. The van der Waals surface area contributed by atoms with Gasteiger partial charge in [-0.25, -0.2) is 4.98 Å². The summed E-state index contributed by atoms with van der Waals surface area (Å²) >= 11 is 0. The Bertz CT molecular complexity index is 477. The van der Waals surface area contributed by atoms with Gasteiger partial charge in [0.1, 0.15) is 0 Å². The van der Waals surface area contributed by atoms with Crippen molar-refractivity contribution in [3.05, 3.63) is 18.1 Å². The third-order valence-electron chi connectivity index (χ3n) is 4.39. The average Bonchev–Trinajstić information content (AvgIpc) is 2.62. The molecular weight excluding hydrogens is 242 g/mol. The first kappa shape index (κ1) is 12.4. The second kappa shape index (κ2) is 4.79. The molecule has 5 heteroatoms. The topological polar surface area (TPSA) is 66.3 Å². The fraction of sp³-hybridized carbons (Fsp3) is 0.643. The molecule has 0 saturated carbocycles. The van der Waals surface area contributed by atoms with Crippen molar-refractivity contribution in [2.45, 2.75) is 51.1 Å². The minimum atomic E-state index is -0.673. The van der Waals surface area contributed by atoms with Crippen molar-refractivity contribution in [2.75, 3.05) is 4.90 Å². The van der Waals surface area contributed by atoms with Gasteiger partial charge in [0.05, 0.1) is 5.69 Å². The third kappa shape index (κ3) is 2.29. The van der Waals surface area contributed by atoms with Gasteiger partial charge in [-0.15, -0.1) is 0 Å². The summed E-state index contributed by atoms with van der Waals surface area (Å²) in [7, 11) is 0. The Labute approximate surface area is 112 Å². The van der Waals surface area contributed by atoms with Crippen LogP contribution in [0.25, 0.3) is 0 Å². The number of aromatic nitrogens is 2. The second-order valence-electron chi connectivity index (χ2n) is 5.69. The lowest BCUT2D eigenvalue weighted by Gasteiger charge is -2.39. The number of hydrogen-bond donors (Lipinski definition) is 1. The molecule has 5 nitrogen and oxygen atoms in total. The number of aryl methyl sites for hydroxylation is 1. The number of fused-ring (bicyclic) bond motifs is 2. The molecule has 19 heavy (non-hydrogen) atoms. The molecule has 0 amide bonds. The number of rotatable bonds is 3. The number of hydrogen-bond acceptors (Lipinski definition) is 4. The van der Waals surface area contributed by atoms with Crippen molar-refractivity contribution in [1.29, 1.82) is 0 Å². The molecule has 3 rings (SSSR count). The summed E-state index contributed by atoms with van der Waals surface area (Å²) in [4.78, 5) is 22.1. The third-order valence-corrected chi connectivity index (χ3v) is 4.39. The molecule has 1 N–H and O–H groups in total. The van der Waals surface area contributed by atoms with E-state index < -0.39 is 5.97 Å². The number of piperidine rings is 1. The van der Waals surface area contributed by atoms with Crippen molar-refractivity contribution >= 4 is 11.8 Å². The van der Waals surface area contributed by atoms with Crippen molar-refractivity contribution in [3.63, 3.8) is 0 Å². The summed E-state index contributed by atoms with van der Waals surface area (Å²) in [5, 5.41) is 8.95. The highest BCUT2D eigenvalue weighted by Crippen LogP contribution is 2.42. The highest BCUT2D eigenvalue weighted by molar-refractivity contribution is 5.67. The number of nitrogens with zero attached hydrogens (tertiary/aromatic N) is 3. The Morgan fingerprint density at radius 3 is 2.53 bits per heavy atom. The molecule has 2 saturated heterocycles. The number of carboxylic acid groups (broad SMARTS) is 1. The molecule has 2 aliphatic rings. The van der Waals surface area contributed by atoms with Gasteiger partial charge in [-0.1, -0.05) is 0 Å². The quantitative estimate of drug-likeness (QED) is 0.901. The van der Waals surface area contributed by atoms with Crippen molar-refractivity contribution in [2.24, 2.45) is 5.92 Å². The lowest BCUT2D eigenvalue weighted by molar-refractivity contribution is -0.138. The van der Waals surface area contributed by atoms with Crippen LogP contribution < -0.4 is 4.90 Å². The van der Waals surface area contributed by atoms with Crippen LogP contribution in [-0.2, 0) is 4.79 Å². The minimum Gasteiger partial charge on any atom is -0.481 e. The van der Waals surface area contributed by atoms with E-state index in [-0.39, 0.29) is 0 Å². The van der Waals surface area contributed by atoms with Crippen LogP contribution in [0.5, 0.6) is 0 Å². The summed E-state index contributed by atoms with van der Waals surface area (Å²) in [5.41, 5.74) is 0.969. The van der Waals surface area contributed by atoms with Crippen molar-refractivity contribution in [3.8, 4) is 0 Å². The van der Waals surface area contributed by atoms with Crippen LogP contribution in [0.4, 0.5) is 5.82 Å². The highest BCUT2D eigenvalue weighted by atomic mass is 16.4. The molecule has 1 aromatic rings. The van der Waals surface area contributed by atoms with Gasteiger partial charge in [-0.3, -0.25) is 9.78 Å². The Balaban J connectivity index is 1.80. The first-order valence-corrected chi connectivity index (χ1v) is 6.93. The normalized spacial score (nSPS) is 29.5. The number of carboxylic acids is 1. The maximum Gasteiger partial charge on any atom is 0.303 e. The molecule has 102 valence electrons.